The van der Waals surface area contributed by atoms with Crippen molar-refractivity contribution in [2.45, 2.75) is 13.5 Å². The minimum absolute atomic E-state index is 0.318. The van der Waals surface area contributed by atoms with Gasteiger partial charge in [-0.15, -0.1) is 0 Å². The number of phenolic OH excluding ortho intramolecular Hbond substituents is 1. The van der Waals surface area contributed by atoms with Crippen molar-refractivity contribution in [3.8, 4) is 5.75 Å². The monoisotopic (exact) mass is 271 g/mol. The number of aromatic hydroxyl groups is 1. The number of hydrogen-bond acceptors (Lipinski definition) is 1. The Balaban J connectivity index is 2.13. The van der Waals surface area contributed by atoms with E-state index in [-0.39, 0.29) is 0 Å². The molecule has 0 aliphatic rings. The summed E-state index contributed by atoms with van der Waals surface area (Å²) in [5.41, 5.74) is 3.21. The molecule has 0 saturated carbocycles. The van der Waals surface area contributed by atoms with Gasteiger partial charge in [0.05, 0.1) is 5.52 Å². The molecule has 1 N–H and O–H groups in total. The molecule has 19 heavy (non-hydrogen) atoms. The van der Waals surface area contributed by atoms with Crippen molar-refractivity contribution in [1.29, 1.82) is 0 Å². The maximum absolute atomic E-state index is 9.89. The van der Waals surface area contributed by atoms with E-state index in [4.69, 9.17) is 11.6 Å². The summed E-state index contributed by atoms with van der Waals surface area (Å²) in [6.07, 6.45) is 0. The highest BCUT2D eigenvalue weighted by Crippen LogP contribution is 2.29. The molecule has 1 aromatic heterocycles. The van der Waals surface area contributed by atoms with E-state index < -0.39 is 0 Å². The Kier molecular flexibility index (Phi) is 2.96. The number of phenols is 1. The van der Waals surface area contributed by atoms with Crippen LogP contribution in [0.25, 0.3) is 10.9 Å². The largest absolute Gasteiger partial charge is 0.507 e. The number of hydrogen-bond donors (Lipinski definition) is 1. The van der Waals surface area contributed by atoms with Gasteiger partial charge in [-0.25, -0.2) is 0 Å². The third-order valence-corrected chi connectivity index (χ3v) is 3.78. The summed E-state index contributed by atoms with van der Waals surface area (Å²) in [6.45, 7) is 2.74. The van der Waals surface area contributed by atoms with Gasteiger partial charge in [-0.2, -0.15) is 0 Å². The fourth-order valence-electron chi connectivity index (χ4n) is 2.41. The predicted molar refractivity (Wildman–Crippen MR) is 78.9 cm³/mol. The molecule has 0 unspecified atom stereocenters. The maximum atomic E-state index is 9.89. The predicted octanol–water partition coefficient (Wildman–Crippen LogP) is 4.36. The van der Waals surface area contributed by atoms with E-state index in [1.54, 1.807) is 6.07 Å². The Hall–Kier alpha value is -1.93. The summed E-state index contributed by atoms with van der Waals surface area (Å²) in [6, 6.07) is 15.4. The Morgan fingerprint density at radius 3 is 2.68 bits per heavy atom. The second-order valence-electron chi connectivity index (χ2n) is 4.67. The van der Waals surface area contributed by atoms with Crippen LogP contribution in [-0.4, -0.2) is 9.67 Å². The maximum Gasteiger partial charge on any atom is 0.124 e. The third-order valence-electron chi connectivity index (χ3n) is 3.42. The first-order valence-corrected chi connectivity index (χ1v) is 6.56. The van der Waals surface area contributed by atoms with Crippen molar-refractivity contribution >= 4 is 22.5 Å². The molecule has 0 radical (unpaired) electrons. The number of aromatic nitrogens is 1. The van der Waals surface area contributed by atoms with Gasteiger partial charge in [0.25, 0.3) is 0 Å². The minimum Gasteiger partial charge on any atom is -0.507 e. The lowest BCUT2D eigenvalue weighted by molar-refractivity contribution is 0.481. The van der Waals surface area contributed by atoms with Crippen LogP contribution in [0.15, 0.2) is 48.5 Å². The van der Waals surface area contributed by atoms with Gasteiger partial charge in [0.2, 0.25) is 0 Å². The van der Waals surface area contributed by atoms with Crippen molar-refractivity contribution in [2.75, 3.05) is 0 Å². The van der Waals surface area contributed by atoms with Crippen LogP contribution >= 0.6 is 11.6 Å². The first-order valence-electron chi connectivity index (χ1n) is 6.18. The molecule has 0 aliphatic carbocycles. The molecule has 96 valence electrons. The molecule has 0 aliphatic heterocycles. The first kappa shape index (κ1) is 12.1. The van der Waals surface area contributed by atoms with Crippen molar-refractivity contribution in [3.05, 3.63) is 64.8 Å². The second-order valence-corrected chi connectivity index (χ2v) is 5.08. The fourth-order valence-corrected chi connectivity index (χ4v) is 2.60. The highest BCUT2D eigenvalue weighted by atomic mass is 35.5. The van der Waals surface area contributed by atoms with Crippen LogP contribution in [0.4, 0.5) is 0 Å². The van der Waals surface area contributed by atoms with E-state index in [0.717, 1.165) is 27.2 Å². The zero-order chi connectivity index (χ0) is 13.4. The summed E-state index contributed by atoms with van der Waals surface area (Å²) in [5.74, 6) is 0.318. The molecule has 0 saturated heterocycles. The van der Waals surface area contributed by atoms with E-state index in [0.29, 0.717) is 12.3 Å². The van der Waals surface area contributed by atoms with Crippen LogP contribution < -0.4 is 0 Å². The van der Waals surface area contributed by atoms with E-state index in [1.807, 2.05) is 49.4 Å². The number of nitrogens with zero attached hydrogens (tertiary/aromatic N) is 1. The average molecular weight is 272 g/mol. The van der Waals surface area contributed by atoms with Crippen molar-refractivity contribution in [1.82, 2.24) is 4.57 Å². The summed E-state index contributed by atoms with van der Waals surface area (Å²) >= 11 is 6.21. The smallest absolute Gasteiger partial charge is 0.124 e. The second kappa shape index (κ2) is 4.63. The third kappa shape index (κ3) is 2.08. The van der Waals surface area contributed by atoms with Gasteiger partial charge in [0.15, 0.2) is 0 Å². The fraction of sp³-hybridized carbons (Fsp3) is 0.125. The van der Waals surface area contributed by atoms with Gasteiger partial charge in [-0.3, -0.25) is 0 Å². The van der Waals surface area contributed by atoms with Crippen LogP contribution in [-0.2, 0) is 6.54 Å². The standard InChI is InChI=1S/C16H14ClNO/c1-11-9-13-15(7-4-8-16(13)19)18(11)10-12-5-2-3-6-14(12)17/h2-9,19H,10H2,1H3. The zero-order valence-corrected chi connectivity index (χ0v) is 11.4. The average Bonchev–Trinajstić information content (AvgIpc) is 2.71. The van der Waals surface area contributed by atoms with Crippen LogP contribution in [0, 0.1) is 6.92 Å². The van der Waals surface area contributed by atoms with Gasteiger partial charge in [0, 0.05) is 22.6 Å². The van der Waals surface area contributed by atoms with Gasteiger partial charge >= 0.3 is 0 Å². The molecule has 1 heterocycles. The number of halogens is 1. The highest BCUT2D eigenvalue weighted by Gasteiger charge is 2.10. The van der Waals surface area contributed by atoms with E-state index in [2.05, 4.69) is 4.57 Å². The molecular formula is C16H14ClNO. The lowest BCUT2D eigenvalue weighted by Crippen LogP contribution is -2.01. The lowest BCUT2D eigenvalue weighted by atomic mass is 10.2. The molecule has 0 atom stereocenters. The van der Waals surface area contributed by atoms with Crippen molar-refractivity contribution < 1.29 is 5.11 Å². The van der Waals surface area contributed by atoms with Crippen LogP contribution in [0.3, 0.4) is 0 Å². The molecule has 0 bridgehead atoms. The van der Waals surface area contributed by atoms with Crippen LogP contribution in [0.5, 0.6) is 5.75 Å². The molecular weight excluding hydrogens is 258 g/mol. The van der Waals surface area contributed by atoms with Crippen LogP contribution in [0.2, 0.25) is 5.02 Å². The normalized spacial score (nSPS) is 11.1. The number of rotatable bonds is 2. The van der Waals surface area contributed by atoms with E-state index in [9.17, 15) is 5.11 Å². The Labute approximate surface area is 116 Å². The molecule has 2 aromatic carbocycles. The Morgan fingerprint density at radius 2 is 1.89 bits per heavy atom. The topological polar surface area (TPSA) is 25.2 Å². The van der Waals surface area contributed by atoms with Gasteiger partial charge < -0.3 is 9.67 Å². The molecule has 3 heteroatoms. The molecule has 0 amide bonds. The molecule has 3 aromatic rings. The quantitative estimate of drug-likeness (QED) is 0.736. The molecule has 0 fully saturated rings. The molecule has 2 nitrogen and oxygen atoms in total. The van der Waals surface area contributed by atoms with E-state index >= 15 is 0 Å². The summed E-state index contributed by atoms with van der Waals surface area (Å²) < 4.78 is 2.16. The van der Waals surface area contributed by atoms with Crippen LogP contribution in [0.1, 0.15) is 11.3 Å². The Morgan fingerprint density at radius 1 is 1.11 bits per heavy atom. The van der Waals surface area contributed by atoms with Crippen molar-refractivity contribution in [3.63, 3.8) is 0 Å². The molecule has 3 rings (SSSR count). The highest BCUT2D eigenvalue weighted by molar-refractivity contribution is 6.31. The Bertz CT molecular complexity index is 746. The van der Waals surface area contributed by atoms with E-state index in [1.165, 1.54) is 0 Å². The van der Waals surface area contributed by atoms with Crippen molar-refractivity contribution in [2.24, 2.45) is 0 Å². The van der Waals surface area contributed by atoms with Gasteiger partial charge in [-0.05, 0) is 36.8 Å². The zero-order valence-electron chi connectivity index (χ0n) is 10.6. The summed E-state index contributed by atoms with van der Waals surface area (Å²) in [7, 11) is 0. The summed E-state index contributed by atoms with van der Waals surface area (Å²) in [4.78, 5) is 0. The minimum atomic E-state index is 0.318. The first-order chi connectivity index (χ1) is 9.16. The SMILES string of the molecule is Cc1cc2c(O)cccc2n1Cc1ccccc1Cl. The number of benzene rings is 2. The summed E-state index contributed by atoms with van der Waals surface area (Å²) in [5, 5.41) is 11.5. The number of fused-ring (bicyclic) bond motifs is 1. The lowest BCUT2D eigenvalue weighted by Gasteiger charge is -2.10. The van der Waals surface area contributed by atoms with Gasteiger partial charge in [-0.1, -0.05) is 35.9 Å². The number of aryl methyl sites for hydroxylation is 1. The molecule has 0 spiro atoms. The van der Waals surface area contributed by atoms with Gasteiger partial charge in [0.1, 0.15) is 5.75 Å².